The fourth-order valence-electron chi connectivity index (χ4n) is 1.67. The quantitative estimate of drug-likeness (QED) is 0.646. The second-order valence-corrected chi connectivity index (χ2v) is 6.45. The zero-order valence-electron chi connectivity index (χ0n) is 12.2. The van der Waals surface area contributed by atoms with Crippen LogP contribution in [0.15, 0.2) is 18.2 Å². The number of amides is 1. The second-order valence-electron chi connectivity index (χ2n) is 4.50. The van der Waals surface area contributed by atoms with Crippen molar-refractivity contribution in [1.82, 2.24) is 5.32 Å². The highest BCUT2D eigenvalue weighted by Crippen LogP contribution is 2.40. The van der Waals surface area contributed by atoms with Gasteiger partial charge in [-0.2, -0.15) is 0 Å². The van der Waals surface area contributed by atoms with Crippen LogP contribution in [0.25, 0.3) is 0 Å². The number of rotatable bonds is 7. The molecular formula is C13H20NO6P. The Hall–Kier alpha value is -1.56. The number of carbonyl (C=O) groups is 1. The van der Waals surface area contributed by atoms with Gasteiger partial charge in [0.05, 0.1) is 14.2 Å². The fourth-order valence-corrected chi connectivity index (χ4v) is 2.06. The van der Waals surface area contributed by atoms with Crippen LogP contribution < -0.4 is 14.8 Å². The summed E-state index contributed by atoms with van der Waals surface area (Å²) >= 11 is 0. The average Bonchev–Trinajstić information content (AvgIpc) is 2.45. The summed E-state index contributed by atoms with van der Waals surface area (Å²) in [6.07, 6.45) is 0.514. The van der Waals surface area contributed by atoms with Gasteiger partial charge in [-0.25, -0.2) is 0 Å². The lowest BCUT2D eigenvalue weighted by atomic mass is 10.1. The van der Waals surface area contributed by atoms with Crippen LogP contribution in [-0.4, -0.2) is 42.1 Å². The molecule has 7 nitrogen and oxygen atoms in total. The van der Waals surface area contributed by atoms with E-state index in [1.807, 2.05) is 6.07 Å². The molecule has 3 N–H and O–H groups in total. The van der Waals surface area contributed by atoms with E-state index in [-0.39, 0.29) is 6.54 Å². The minimum atomic E-state index is -4.40. The molecule has 1 atom stereocenters. The maximum absolute atomic E-state index is 11.6. The summed E-state index contributed by atoms with van der Waals surface area (Å²) in [5.74, 6) is 0.536. The van der Waals surface area contributed by atoms with Gasteiger partial charge in [0.1, 0.15) is 5.66 Å². The highest BCUT2D eigenvalue weighted by Gasteiger charge is 2.30. The molecule has 0 heterocycles. The molecule has 0 spiro atoms. The third-order valence-electron chi connectivity index (χ3n) is 3.04. The van der Waals surface area contributed by atoms with Crippen molar-refractivity contribution in [2.75, 3.05) is 20.8 Å². The minimum absolute atomic E-state index is 0.276. The van der Waals surface area contributed by atoms with E-state index in [2.05, 4.69) is 5.32 Å². The van der Waals surface area contributed by atoms with Gasteiger partial charge in [-0.1, -0.05) is 6.07 Å². The smallest absolute Gasteiger partial charge is 0.337 e. The molecular weight excluding hydrogens is 297 g/mol. The second kappa shape index (κ2) is 7.45. The number of nitrogens with one attached hydrogen (secondary N) is 1. The number of benzene rings is 1. The molecule has 0 aliphatic rings. The predicted molar refractivity (Wildman–Crippen MR) is 77.8 cm³/mol. The number of methoxy groups -OCH3 is 2. The van der Waals surface area contributed by atoms with Crippen LogP contribution in [0.1, 0.15) is 12.5 Å². The summed E-state index contributed by atoms with van der Waals surface area (Å²) < 4.78 is 21.3. The molecule has 118 valence electrons. The van der Waals surface area contributed by atoms with Crippen LogP contribution in [0, 0.1) is 0 Å². The van der Waals surface area contributed by atoms with Crippen molar-refractivity contribution in [1.29, 1.82) is 0 Å². The fraction of sp³-hybridized carbons (Fsp3) is 0.462. The Bertz CT molecular complexity index is 541. The largest absolute Gasteiger partial charge is 0.493 e. The number of carbonyl (C=O) groups excluding carboxylic acids is 1. The molecule has 1 unspecified atom stereocenters. The van der Waals surface area contributed by atoms with Crippen LogP contribution in [0.2, 0.25) is 0 Å². The Morgan fingerprint density at radius 2 is 1.90 bits per heavy atom. The first kappa shape index (κ1) is 17.5. The molecule has 0 bridgehead atoms. The number of hydrogen-bond acceptors (Lipinski definition) is 4. The average molecular weight is 317 g/mol. The molecule has 0 aliphatic heterocycles. The molecule has 0 radical (unpaired) electrons. The lowest BCUT2D eigenvalue weighted by molar-refractivity contribution is -0.120. The Labute approximate surface area is 123 Å². The lowest BCUT2D eigenvalue weighted by Gasteiger charge is -2.14. The van der Waals surface area contributed by atoms with Crippen LogP contribution in [0.4, 0.5) is 0 Å². The van der Waals surface area contributed by atoms with E-state index in [0.717, 1.165) is 5.56 Å². The van der Waals surface area contributed by atoms with E-state index < -0.39 is 19.2 Å². The molecule has 0 fully saturated rings. The van der Waals surface area contributed by atoms with E-state index in [9.17, 15) is 9.36 Å². The van der Waals surface area contributed by atoms with Gasteiger partial charge in [-0.05, 0) is 31.0 Å². The molecule has 21 heavy (non-hydrogen) atoms. The maximum atomic E-state index is 11.6. The Morgan fingerprint density at radius 3 is 2.43 bits per heavy atom. The number of hydrogen-bond donors (Lipinski definition) is 3. The van der Waals surface area contributed by atoms with Crippen molar-refractivity contribution in [2.45, 2.75) is 19.0 Å². The van der Waals surface area contributed by atoms with Crippen LogP contribution in [-0.2, 0) is 15.8 Å². The standard InChI is InChI=1S/C13H20NO6P/c1-9(21(16,17)18)13(15)14-7-6-10-4-5-11(19-2)12(8-10)20-3/h4-5,8-9H,6-7H2,1-3H3,(H,14,15)(H2,16,17,18). The first-order valence-electron chi connectivity index (χ1n) is 6.33. The molecule has 0 aliphatic carbocycles. The number of ether oxygens (including phenoxy) is 2. The van der Waals surface area contributed by atoms with E-state index in [1.165, 1.54) is 14.0 Å². The Balaban J connectivity index is 2.57. The van der Waals surface area contributed by atoms with Gasteiger partial charge in [0.2, 0.25) is 5.91 Å². The minimum Gasteiger partial charge on any atom is -0.493 e. The highest BCUT2D eigenvalue weighted by molar-refractivity contribution is 7.53. The van der Waals surface area contributed by atoms with Gasteiger partial charge >= 0.3 is 7.60 Å². The summed E-state index contributed by atoms with van der Waals surface area (Å²) in [5.41, 5.74) is -0.431. The van der Waals surface area contributed by atoms with Gasteiger partial charge in [-0.3, -0.25) is 9.36 Å². The molecule has 0 saturated heterocycles. The molecule has 1 amide bonds. The molecule has 0 saturated carbocycles. The van der Waals surface area contributed by atoms with Gasteiger partial charge in [0.25, 0.3) is 0 Å². The maximum Gasteiger partial charge on any atom is 0.337 e. The van der Waals surface area contributed by atoms with Crippen molar-refractivity contribution in [3.8, 4) is 11.5 Å². The molecule has 1 aromatic rings. The van der Waals surface area contributed by atoms with Crippen LogP contribution >= 0.6 is 7.60 Å². The van der Waals surface area contributed by atoms with Gasteiger partial charge in [-0.15, -0.1) is 0 Å². The van der Waals surface area contributed by atoms with Gasteiger partial charge in [0, 0.05) is 6.54 Å². The highest BCUT2D eigenvalue weighted by atomic mass is 31.2. The van der Waals surface area contributed by atoms with Crippen LogP contribution in [0.3, 0.4) is 0 Å². The monoisotopic (exact) mass is 317 g/mol. The zero-order valence-corrected chi connectivity index (χ0v) is 13.1. The van der Waals surface area contributed by atoms with Crippen LogP contribution in [0.5, 0.6) is 11.5 Å². The summed E-state index contributed by atoms with van der Waals surface area (Å²) in [4.78, 5) is 29.4. The summed E-state index contributed by atoms with van der Waals surface area (Å²) in [6.45, 7) is 1.48. The van der Waals surface area contributed by atoms with E-state index in [0.29, 0.717) is 17.9 Å². The predicted octanol–water partition coefficient (Wildman–Crippen LogP) is 0.929. The third-order valence-corrected chi connectivity index (χ3v) is 4.29. The normalized spacial score (nSPS) is 12.6. The molecule has 8 heteroatoms. The summed E-state index contributed by atoms with van der Waals surface area (Å²) in [7, 11) is -1.32. The summed E-state index contributed by atoms with van der Waals surface area (Å²) in [5, 5.41) is 2.50. The molecule has 0 aromatic heterocycles. The SMILES string of the molecule is COc1ccc(CCNC(=O)C(C)P(=O)(O)O)cc1OC. The van der Waals surface area contributed by atoms with E-state index in [4.69, 9.17) is 19.3 Å². The van der Waals surface area contributed by atoms with Crippen molar-refractivity contribution in [3.63, 3.8) is 0 Å². The lowest BCUT2D eigenvalue weighted by Crippen LogP contribution is -2.34. The van der Waals surface area contributed by atoms with Crippen molar-refractivity contribution < 1.29 is 28.6 Å². The first-order valence-corrected chi connectivity index (χ1v) is 8.01. The Kier molecular flexibility index (Phi) is 6.20. The van der Waals surface area contributed by atoms with Crippen molar-refractivity contribution >= 4 is 13.5 Å². The van der Waals surface area contributed by atoms with Gasteiger partial charge in [0.15, 0.2) is 11.5 Å². The topological polar surface area (TPSA) is 105 Å². The molecule has 1 rings (SSSR count). The first-order chi connectivity index (χ1) is 9.79. The zero-order chi connectivity index (χ0) is 16.0. The summed E-state index contributed by atoms with van der Waals surface area (Å²) in [6, 6.07) is 5.38. The van der Waals surface area contributed by atoms with Gasteiger partial charge < -0.3 is 24.6 Å². The van der Waals surface area contributed by atoms with Crippen molar-refractivity contribution in [3.05, 3.63) is 23.8 Å². The van der Waals surface area contributed by atoms with Crippen molar-refractivity contribution in [2.24, 2.45) is 0 Å². The Morgan fingerprint density at radius 1 is 1.29 bits per heavy atom. The van der Waals surface area contributed by atoms with E-state index >= 15 is 0 Å². The third kappa shape index (κ3) is 5.04. The molecule has 1 aromatic carbocycles. The van der Waals surface area contributed by atoms with E-state index in [1.54, 1.807) is 19.2 Å².